The second kappa shape index (κ2) is 6.81. The third-order valence-electron chi connectivity index (χ3n) is 4.09. The van der Waals surface area contributed by atoms with Crippen molar-refractivity contribution in [1.29, 1.82) is 0 Å². The van der Waals surface area contributed by atoms with Crippen molar-refractivity contribution in [2.45, 2.75) is 45.4 Å². The lowest BCUT2D eigenvalue weighted by atomic mass is 9.96. The van der Waals surface area contributed by atoms with Crippen LogP contribution in [0.15, 0.2) is 30.3 Å². The molecule has 24 heavy (non-hydrogen) atoms. The van der Waals surface area contributed by atoms with Crippen molar-refractivity contribution >= 4 is 12.1 Å². The summed E-state index contributed by atoms with van der Waals surface area (Å²) in [6.45, 7) is 8.75. The lowest BCUT2D eigenvalue weighted by molar-refractivity contribution is -0.154. The first-order chi connectivity index (χ1) is 11.1. The van der Waals surface area contributed by atoms with Crippen molar-refractivity contribution in [2.75, 3.05) is 19.6 Å². The largest absolute Gasteiger partial charge is 0.479 e. The molecule has 1 aromatic carbocycles. The molecule has 6 nitrogen and oxygen atoms in total. The van der Waals surface area contributed by atoms with E-state index in [1.54, 1.807) is 27.7 Å². The summed E-state index contributed by atoms with van der Waals surface area (Å²) in [5.74, 6) is -1.02. The molecule has 1 aromatic rings. The van der Waals surface area contributed by atoms with E-state index < -0.39 is 23.2 Å². The van der Waals surface area contributed by atoms with E-state index in [-0.39, 0.29) is 6.54 Å². The molecular weight excluding hydrogens is 308 g/mol. The molecule has 1 aliphatic heterocycles. The summed E-state index contributed by atoms with van der Waals surface area (Å²) < 4.78 is 5.38. The first-order valence-electron chi connectivity index (χ1n) is 8.12. The number of amides is 1. The highest BCUT2D eigenvalue weighted by Gasteiger charge is 2.47. The van der Waals surface area contributed by atoms with Crippen LogP contribution in [-0.2, 0) is 16.1 Å². The van der Waals surface area contributed by atoms with Gasteiger partial charge in [0.15, 0.2) is 5.54 Å². The first kappa shape index (κ1) is 18.3. The van der Waals surface area contributed by atoms with Gasteiger partial charge in [0.1, 0.15) is 5.60 Å². The van der Waals surface area contributed by atoms with Crippen molar-refractivity contribution in [2.24, 2.45) is 0 Å². The van der Waals surface area contributed by atoms with Crippen LogP contribution in [0, 0.1) is 0 Å². The molecule has 1 amide bonds. The Morgan fingerprint density at radius 3 is 2.38 bits per heavy atom. The van der Waals surface area contributed by atoms with Gasteiger partial charge in [-0.25, -0.2) is 9.59 Å². The summed E-state index contributed by atoms with van der Waals surface area (Å²) in [6, 6.07) is 9.90. The number of nitrogens with zero attached hydrogens (tertiary/aromatic N) is 2. The number of rotatable bonds is 3. The molecule has 0 bridgehead atoms. The predicted octanol–water partition coefficient (Wildman–Crippen LogP) is 2.58. The van der Waals surface area contributed by atoms with Crippen LogP contribution in [0.4, 0.5) is 4.79 Å². The molecule has 1 saturated heterocycles. The zero-order valence-electron chi connectivity index (χ0n) is 14.8. The minimum absolute atomic E-state index is 0.260. The van der Waals surface area contributed by atoms with Crippen molar-refractivity contribution in [3.8, 4) is 0 Å². The molecule has 1 unspecified atom stereocenters. The molecule has 0 spiro atoms. The molecular formula is C18H26N2O4. The van der Waals surface area contributed by atoms with Gasteiger partial charge in [-0.05, 0) is 33.3 Å². The minimum Gasteiger partial charge on any atom is -0.479 e. The number of carbonyl (C=O) groups is 2. The molecule has 1 atom stereocenters. The number of carboxylic acids is 1. The van der Waals surface area contributed by atoms with Crippen LogP contribution in [0.3, 0.4) is 0 Å². The highest BCUT2D eigenvalue weighted by Crippen LogP contribution is 2.25. The average Bonchev–Trinajstić information content (AvgIpc) is 2.46. The van der Waals surface area contributed by atoms with Crippen molar-refractivity contribution < 1.29 is 19.4 Å². The Morgan fingerprint density at radius 1 is 1.21 bits per heavy atom. The van der Waals surface area contributed by atoms with Gasteiger partial charge in [0.05, 0.1) is 0 Å². The Kier molecular flexibility index (Phi) is 5.18. The number of hydrogen-bond donors (Lipinski definition) is 1. The summed E-state index contributed by atoms with van der Waals surface area (Å²) in [5, 5.41) is 9.72. The van der Waals surface area contributed by atoms with E-state index in [0.717, 1.165) is 5.56 Å². The molecule has 1 fully saturated rings. The van der Waals surface area contributed by atoms with E-state index in [4.69, 9.17) is 4.74 Å². The number of carboxylic acid groups (broad SMARTS) is 1. The monoisotopic (exact) mass is 334 g/mol. The second-order valence-electron chi connectivity index (χ2n) is 7.41. The smallest absolute Gasteiger partial charge is 0.411 e. The van der Waals surface area contributed by atoms with Gasteiger partial charge in [-0.15, -0.1) is 0 Å². The normalized spacial score (nSPS) is 22.2. The van der Waals surface area contributed by atoms with Crippen LogP contribution in [-0.4, -0.2) is 57.7 Å². The van der Waals surface area contributed by atoms with E-state index in [1.165, 1.54) is 4.90 Å². The molecule has 0 aromatic heterocycles. The Balaban J connectivity index is 2.14. The van der Waals surface area contributed by atoms with Crippen molar-refractivity contribution in [3.63, 3.8) is 0 Å². The fourth-order valence-corrected chi connectivity index (χ4v) is 2.86. The third kappa shape index (κ3) is 4.26. The van der Waals surface area contributed by atoms with Gasteiger partial charge >= 0.3 is 12.1 Å². The van der Waals surface area contributed by atoms with E-state index in [9.17, 15) is 14.7 Å². The Hall–Kier alpha value is -2.08. The lowest BCUT2D eigenvalue weighted by Gasteiger charge is -2.46. The lowest BCUT2D eigenvalue weighted by Crippen LogP contribution is -2.66. The van der Waals surface area contributed by atoms with Crippen molar-refractivity contribution in [1.82, 2.24) is 9.80 Å². The molecule has 1 aliphatic rings. The van der Waals surface area contributed by atoms with Gasteiger partial charge in [-0.3, -0.25) is 9.80 Å². The molecule has 6 heteroatoms. The van der Waals surface area contributed by atoms with Gasteiger partial charge in [-0.2, -0.15) is 0 Å². The van der Waals surface area contributed by atoms with Crippen LogP contribution in [0.25, 0.3) is 0 Å². The summed E-state index contributed by atoms with van der Waals surface area (Å²) in [7, 11) is 0. The van der Waals surface area contributed by atoms with Crippen LogP contribution >= 0.6 is 0 Å². The predicted molar refractivity (Wildman–Crippen MR) is 90.7 cm³/mol. The molecule has 0 radical (unpaired) electrons. The maximum atomic E-state index is 12.4. The van der Waals surface area contributed by atoms with Crippen LogP contribution in [0.1, 0.15) is 33.3 Å². The molecule has 0 saturated carbocycles. The number of benzene rings is 1. The summed E-state index contributed by atoms with van der Waals surface area (Å²) in [5.41, 5.74) is -0.844. The standard InChI is InChI=1S/C18H26N2O4/c1-17(2,3)24-16(23)20-11-10-19(13-18(20,4)15(21)22)12-14-8-6-5-7-9-14/h5-9H,10-13H2,1-4H3,(H,21,22). The molecule has 2 rings (SSSR count). The summed E-state index contributed by atoms with van der Waals surface area (Å²) in [4.78, 5) is 27.7. The third-order valence-corrected chi connectivity index (χ3v) is 4.09. The van der Waals surface area contributed by atoms with Gasteiger partial charge < -0.3 is 9.84 Å². The SMILES string of the molecule is CC(C)(C)OC(=O)N1CCN(Cc2ccccc2)CC1(C)C(=O)O. The molecule has 132 valence electrons. The summed E-state index contributed by atoms with van der Waals surface area (Å²) >= 11 is 0. The zero-order valence-corrected chi connectivity index (χ0v) is 14.8. The maximum Gasteiger partial charge on any atom is 0.411 e. The van der Waals surface area contributed by atoms with E-state index in [2.05, 4.69) is 4.90 Å². The second-order valence-corrected chi connectivity index (χ2v) is 7.41. The Morgan fingerprint density at radius 2 is 1.83 bits per heavy atom. The number of hydrogen-bond acceptors (Lipinski definition) is 4. The zero-order chi connectivity index (χ0) is 18.0. The van der Waals surface area contributed by atoms with E-state index in [1.807, 2.05) is 30.3 Å². The van der Waals surface area contributed by atoms with Gasteiger partial charge in [0.25, 0.3) is 0 Å². The highest BCUT2D eigenvalue weighted by molar-refractivity contribution is 5.84. The topological polar surface area (TPSA) is 70.1 Å². The average molecular weight is 334 g/mol. The van der Waals surface area contributed by atoms with Gasteiger partial charge in [0, 0.05) is 26.2 Å². The number of piperazine rings is 1. The van der Waals surface area contributed by atoms with Crippen LogP contribution in [0.2, 0.25) is 0 Å². The van der Waals surface area contributed by atoms with Crippen LogP contribution in [0.5, 0.6) is 0 Å². The fraction of sp³-hybridized carbons (Fsp3) is 0.556. The Labute approximate surface area is 143 Å². The Bertz CT molecular complexity index is 597. The quantitative estimate of drug-likeness (QED) is 0.920. The first-order valence-corrected chi connectivity index (χ1v) is 8.12. The maximum absolute atomic E-state index is 12.4. The minimum atomic E-state index is -1.31. The van der Waals surface area contributed by atoms with Gasteiger partial charge in [-0.1, -0.05) is 30.3 Å². The summed E-state index contributed by atoms with van der Waals surface area (Å²) in [6.07, 6.45) is -0.577. The molecule has 1 N–H and O–H groups in total. The molecule has 1 heterocycles. The number of ether oxygens (including phenoxy) is 1. The number of aliphatic carboxylic acids is 1. The van der Waals surface area contributed by atoms with Crippen molar-refractivity contribution in [3.05, 3.63) is 35.9 Å². The van der Waals surface area contributed by atoms with E-state index >= 15 is 0 Å². The van der Waals surface area contributed by atoms with Crippen LogP contribution < -0.4 is 0 Å². The van der Waals surface area contributed by atoms with Gasteiger partial charge in [0.2, 0.25) is 0 Å². The molecule has 0 aliphatic carbocycles. The highest BCUT2D eigenvalue weighted by atomic mass is 16.6. The fourth-order valence-electron chi connectivity index (χ4n) is 2.86. The number of carbonyl (C=O) groups excluding carboxylic acids is 1. The van der Waals surface area contributed by atoms with E-state index in [0.29, 0.717) is 19.6 Å².